The molecule has 0 saturated heterocycles. The molecule has 1 aromatic rings. The molecule has 0 bridgehead atoms. The van der Waals surface area contributed by atoms with Crippen LogP contribution in [0.4, 0.5) is 0 Å². The van der Waals surface area contributed by atoms with Crippen molar-refractivity contribution in [3.63, 3.8) is 0 Å². The van der Waals surface area contributed by atoms with Crippen LogP contribution in [0.2, 0.25) is 0 Å². The van der Waals surface area contributed by atoms with Crippen LogP contribution in [0, 0.1) is 0 Å². The minimum absolute atomic E-state index is 0.153. The van der Waals surface area contributed by atoms with Crippen molar-refractivity contribution >= 4 is 11.3 Å². The minimum Gasteiger partial charge on any atom is -0.392 e. The Labute approximate surface area is 114 Å². The predicted octanol–water partition coefficient (Wildman–Crippen LogP) is 3.31. The van der Waals surface area contributed by atoms with Gasteiger partial charge in [-0.15, -0.1) is 11.3 Å². The summed E-state index contributed by atoms with van der Waals surface area (Å²) in [5.41, 5.74) is 0.153. The van der Waals surface area contributed by atoms with E-state index in [0.29, 0.717) is 0 Å². The Balaban J connectivity index is 1.90. The molecule has 2 nitrogen and oxygen atoms in total. The number of aliphatic hydroxyl groups is 1. The molecule has 1 heterocycles. The zero-order chi connectivity index (χ0) is 13.0. The molecule has 0 spiro atoms. The third-order valence-corrected chi connectivity index (χ3v) is 5.21. The highest BCUT2D eigenvalue weighted by Crippen LogP contribution is 2.27. The van der Waals surface area contributed by atoms with E-state index in [1.165, 1.54) is 24.1 Å². The van der Waals surface area contributed by atoms with E-state index in [1.54, 1.807) is 0 Å². The lowest BCUT2D eigenvalue weighted by Crippen LogP contribution is -2.44. The van der Waals surface area contributed by atoms with Crippen molar-refractivity contribution in [2.75, 3.05) is 6.54 Å². The fourth-order valence-electron chi connectivity index (χ4n) is 2.66. The van der Waals surface area contributed by atoms with Gasteiger partial charge in [-0.05, 0) is 24.3 Å². The summed E-state index contributed by atoms with van der Waals surface area (Å²) >= 11 is 1.82. The normalized spacial score (nSPS) is 25.9. The summed E-state index contributed by atoms with van der Waals surface area (Å²) in [6.07, 6.45) is 5.59. The van der Waals surface area contributed by atoms with Crippen molar-refractivity contribution in [1.29, 1.82) is 0 Å². The standard InChI is InChI=1S/C15H25NOS/c1-15(2,14-9-6-10-18-14)11-16-12-7-4-3-5-8-13(12)17/h6,9-10,12-13,16-17H,3-5,7-8,11H2,1-2H3. The molecule has 1 aliphatic carbocycles. The van der Waals surface area contributed by atoms with Crippen LogP contribution >= 0.6 is 11.3 Å². The maximum Gasteiger partial charge on any atom is 0.0693 e. The van der Waals surface area contributed by atoms with Gasteiger partial charge in [-0.2, -0.15) is 0 Å². The molecule has 2 rings (SSSR count). The number of thiophene rings is 1. The van der Waals surface area contributed by atoms with Gasteiger partial charge < -0.3 is 10.4 Å². The molecule has 18 heavy (non-hydrogen) atoms. The molecule has 1 fully saturated rings. The fraction of sp³-hybridized carbons (Fsp3) is 0.733. The van der Waals surface area contributed by atoms with Crippen LogP contribution in [0.25, 0.3) is 0 Å². The highest BCUT2D eigenvalue weighted by Gasteiger charge is 2.26. The molecule has 0 aliphatic heterocycles. The zero-order valence-electron chi connectivity index (χ0n) is 11.5. The average Bonchev–Trinajstić information content (AvgIpc) is 2.79. The lowest BCUT2D eigenvalue weighted by molar-refractivity contribution is 0.117. The van der Waals surface area contributed by atoms with E-state index in [2.05, 4.69) is 36.7 Å². The smallest absolute Gasteiger partial charge is 0.0693 e. The SMILES string of the molecule is CC(C)(CNC1CCCCCC1O)c1cccs1. The van der Waals surface area contributed by atoms with Crippen molar-refractivity contribution < 1.29 is 5.11 Å². The first-order valence-corrected chi connectivity index (χ1v) is 7.93. The Morgan fingerprint density at radius 2 is 2.11 bits per heavy atom. The Bertz CT molecular complexity index is 347. The van der Waals surface area contributed by atoms with Gasteiger partial charge in [0.25, 0.3) is 0 Å². The Hall–Kier alpha value is -0.380. The molecule has 0 radical (unpaired) electrons. The van der Waals surface area contributed by atoms with Crippen LogP contribution in [0.15, 0.2) is 17.5 Å². The Morgan fingerprint density at radius 1 is 1.33 bits per heavy atom. The minimum atomic E-state index is -0.161. The number of hydrogen-bond acceptors (Lipinski definition) is 3. The second-order valence-corrected chi connectivity index (χ2v) is 7.00. The van der Waals surface area contributed by atoms with Gasteiger partial charge in [0.15, 0.2) is 0 Å². The summed E-state index contributed by atoms with van der Waals surface area (Å²) in [5.74, 6) is 0. The first kappa shape index (κ1) is 14.0. The van der Waals surface area contributed by atoms with E-state index in [1.807, 2.05) is 11.3 Å². The van der Waals surface area contributed by atoms with Gasteiger partial charge >= 0.3 is 0 Å². The topological polar surface area (TPSA) is 32.3 Å². The summed E-state index contributed by atoms with van der Waals surface area (Å²) in [6, 6.07) is 4.60. The molecule has 2 N–H and O–H groups in total. The maximum atomic E-state index is 10.1. The molecular formula is C15H25NOS. The largest absolute Gasteiger partial charge is 0.392 e. The second-order valence-electron chi connectivity index (χ2n) is 6.05. The highest BCUT2D eigenvalue weighted by molar-refractivity contribution is 7.10. The molecule has 102 valence electrons. The molecule has 0 amide bonds. The second kappa shape index (κ2) is 6.18. The predicted molar refractivity (Wildman–Crippen MR) is 78.2 cm³/mol. The first-order chi connectivity index (χ1) is 8.59. The van der Waals surface area contributed by atoms with Crippen LogP contribution in [-0.4, -0.2) is 23.8 Å². The van der Waals surface area contributed by atoms with Crippen LogP contribution in [0.3, 0.4) is 0 Å². The van der Waals surface area contributed by atoms with Gasteiger partial charge in [0.1, 0.15) is 0 Å². The van der Waals surface area contributed by atoms with Gasteiger partial charge in [0.2, 0.25) is 0 Å². The van der Waals surface area contributed by atoms with Crippen LogP contribution in [0.1, 0.15) is 50.8 Å². The molecule has 1 aliphatic rings. The summed E-state index contributed by atoms with van der Waals surface area (Å²) in [4.78, 5) is 1.41. The average molecular weight is 267 g/mol. The first-order valence-electron chi connectivity index (χ1n) is 7.05. The molecule has 0 aromatic carbocycles. The number of aliphatic hydroxyl groups excluding tert-OH is 1. The lowest BCUT2D eigenvalue weighted by Gasteiger charge is -2.29. The van der Waals surface area contributed by atoms with Gasteiger partial charge in [0.05, 0.1) is 6.10 Å². The van der Waals surface area contributed by atoms with E-state index in [9.17, 15) is 5.11 Å². The van der Waals surface area contributed by atoms with E-state index in [-0.39, 0.29) is 17.6 Å². The summed E-state index contributed by atoms with van der Waals surface area (Å²) < 4.78 is 0. The van der Waals surface area contributed by atoms with Crippen LogP contribution < -0.4 is 5.32 Å². The van der Waals surface area contributed by atoms with Gasteiger partial charge in [-0.3, -0.25) is 0 Å². The third-order valence-electron chi connectivity index (χ3n) is 3.97. The zero-order valence-corrected chi connectivity index (χ0v) is 12.3. The quantitative estimate of drug-likeness (QED) is 0.820. The van der Waals surface area contributed by atoms with E-state index in [0.717, 1.165) is 19.4 Å². The van der Waals surface area contributed by atoms with Gasteiger partial charge in [-0.25, -0.2) is 0 Å². The van der Waals surface area contributed by atoms with Crippen LogP contribution in [-0.2, 0) is 5.41 Å². The number of rotatable bonds is 4. The number of nitrogens with one attached hydrogen (secondary N) is 1. The summed E-state index contributed by atoms with van der Waals surface area (Å²) in [7, 11) is 0. The molecule has 2 unspecified atom stereocenters. The highest BCUT2D eigenvalue weighted by atomic mass is 32.1. The molecule has 1 aromatic heterocycles. The van der Waals surface area contributed by atoms with Gasteiger partial charge in [0, 0.05) is 22.9 Å². The summed E-state index contributed by atoms with van der Waals surface area (Å²) in [6.45, 7) is 5.49. The van der Waals surface area contributed by atoms with Crippen LogP contribution in [0.5, 0.6) is 0 Å². The summed E-state index contributed by atoms with van der Waals surface area (Å²) in [5, 5.41) is 15.8. The number of hydrogen-bond donors (Lipinski definition) is 2. The fourth-order valence-corrected chi connectivity index (χ4v) is 3.52. The molecular weight excluding hydrogens is 242 g/mol. The van der Waals surface area contributed by atoms with Crippen molar-refractivity contribution in [2.45, 2.75) is 63.5 Å². The van der Waals surface area contributed by atoms with Crippen molar-refractivity contribution in [2.24, 2.45) is 0 Å². The lowest BCUT2D eigenvalue weighted by atomic mass is 9.90. The third kappa shape index (κ3) is 3.56. The maximum absolute atomic E-state index is 10.1. The van der Waals surface area contributed by atoms with Gasteiger partial charge in [-0.1, -0.05) is 39.2 Å². The van der Waals surface area contributed by atoms with Crippen molar-refractivity contribution in [3.05, 3.63) is 22.4 Å². The monoisotopic (exact) mass is 267 g/mol. The Kier molecular flexibility index (Phi) is 4.82. The van der Waals surface area contributed by atoms with E-state index in [4.69, 9.17) is 0 Å². The molecule has 2 atom stereocenters. The van der Waals surface area contributed by atoms with E-state index >= 15 is 0 Å². The Morgan fingerprint density at radius 3 is 2.83 bits per heavy atom. The molecule has 1 saturated carbocycles. The molecule has 3 heteroatoms. The van der Waals surface area contributed by atoms with E-state index < -0.39 is 0 Å². The van der Waals surface area contributed by atoms with Crippen molar-refractivity contribution in [1.82, 2.24) is 5.32 Å². The van der Waals surface area contributed by atoms with Crippen molar-refractivity contribution in [3.8, 4) is 0 Å².